The fourth-order valence-electron chi connectivity index (χ4n) is 5.12. The zero-order valence-corrected chi connectivity index (χ0v) is 20.8. The van der Waals surface area contributed by atoms with Gasteiger partial charge in [0.25, 0.3) is 5.91 Å². The summed E-state index contributed by atoms with van der Waals surface area (Å²) in [4.78, 5) is 40.3. The summed E-state index contributed by atoms with van der Waals surface area (Å²) in [7, 11) is 3.35. The highest BCUT2D eigenvalue weighted by atomic mass is 32.1. The Kier molecular flexibility index (Phi) is 5.78. The van der Waals surface area contributed by atoms with Crippen LogP contribution in [0.2, 0.25) is 0 Å². The van der Waals surface area contributed by atoms with Crippen LogP contribution >= 0.6 is 11.3 Å². The van der Waals surface area contributed by atoms with Gasteiger partial charge < -0.3 is 15.3 Å². The van der Waals surface area contributed by atoms with Crippen LogP contribution in [0.1, 0.15) is 40.8 Å². The van der Waals surface area contributed by atoms with Gasteiger partial charge in [-0.2, -0.15) is 0 Å². The molecule has 2 aliphatic rings. The number of benzene rings is 1. The smallest absolute Gasteiger partial charge is 0.278 e. The molecule has 2 amide bonds. The van der Waals surface area contributed by atoms with Gasteiger partial charge in [-0.1, -0.05) is 23.5 Å². The van der Waals surface area contributed by atoms with E-state index in [-0.39, 0.29) is 28.9 Å². The van der Waals surface area contributed by atoms with Crippen LogP contribution in [0.5, 0.6) is 5.75 Å². The molecule has 1 saturated carbocycles. The Morgan fingerprint density at radius 1 is 1.25 bits per heavy atom. The maximum atomic E-state index is 13.4. The number of carbonyl (C=O) groups is 2. The zero-order valence-electron chi connectivity index (χ0n) is 20.0. The van der Waals surface area contributed by atoms with E-state index in [0.29, 0.717) is 35.8 Å². The minimum absolute atomic E-state index is 0.0886. The molecule has 1 aliphatic heterocycles. The van der Waals surface area contributed by atoms with Crippen LogP contribution in [0.3, 0.4) is 0 Å². The summed E-state index contributed by atoms with van der Waals surface area (Å²) in [6.45, 7) is 2.17. The topological polar surface area (TPSA) is 121 Å². The minimum Gasteiger partial charge on any atom is -0.502 e. The van der Waals surface area contributed by atoms with E-state index in [9.17, 15) is 23.9 Å². The van der Waals surface area contributed by atoms with E-state index in [2.05, 4.69) is 15.5 Å². The van der Waals surface area contributed by atoms with E-state index in [1.165, 1.54) is 34.3 Å². The average Bonchev–Trinajstić information content (AvgIpc) is 3.30. The third-order valence-corrected chi connectivity index (χ3v) is 8.04. The monoisotopic (exact) mass is 512 g/mol. The second kappa shape index (κ2) is 8.70. The first kappa shape index (κ1) is 23.9. The Bertz CT molecular complexity index is 1410. The molecule has 10 nitrogen and oxygen atoms in total. The van der Waals surface area contributed by atoms with Crippen molar-refractivity contribution < 1.29 is 19.1 Å². The van der Waals surface area contributed by atoms with E-state index < -0.39 is 22.7 Å². The highest BCUT2D eigenvalue weighted by Gasteiger charge is 2.58. The predicted octanol–water partition coefficient (Wildman–Crippen LogP) is 1.70. The van der Waals surface area contributed by atoms with Crippen molar-refractivity contribution in [2.45, 2.75) is 31.8 Å². The molecule has 0 atom stereocenters. The van der Waals surface area contributed by atoms with Gasteiger partial charge in [-0.05, 0) is 24.6 Å². The predicted molar refractivity (Wildman–Crippen MR) is 131 cm³/mol. The maximum absolute atomic E-state index is 13.4. The molecule has 0 unspecified atom stereocenters. The molecule has 3 heterocycles. The Morgan fingerprint density at radius 2 is 1.94 bits per heavy atom. The first-order chi connectivity index (χ1) is 17.2. The first-order valence-electron chi connectivity index (χ1n) is 11.5. The quantitative estimate of drug-likeness (QED) is 0.534. The summed E-state index contributed by atoms with van der Waals surface area (Å²) in [5.41, 5.74) is -0.647. The molecule has 36 heavy (non-hydrogen) atoms. The molecule has 1 spiro atoms. The number of carbonyl (C=O) groups excluding carboxylic acids is 2. The van der Waals surface area contributed by atoms with Gasteiger partial charge in [0.15, 0.2) is 16.5 Å². The van der Waals surface area contributed by atoms with Crippen LogP contribution in [0.15, 0.2) is 35.3 Å². The highest BCUT2D eigenvalue weighted by molar-refractivity contribution is 7.14. The van der Waals surface area contributed by atoms with Gasteiger partial charge in [0.2, 0.25) is 11.3 Å². The molecule has 0 bridgehead atoms. The summed E-state index contributed by atoms with van der Waals surface area (Å²) in [6.07, 6.45) is 2.75. The third-order valence-electron chi connectivity index (χ3n) is 7.09. The molecule has 1 aliphatic carbocycles. The van der Waals surface area contributed by atoms with Crippen LogP contribution in [-0.4, -0.2) is 63.0 Å². The van der Waals surface area contributed by atoms with Crippen LogP contribution in [0.4, 0.5) is 4.39 Å². The number of hydrogen-bond acceptors (Lipinski definition) is 8. The van der Waals surface area contributed by atoms with Crippen molar-refractivity contribution in [2.24, 2.45) is 5.92 Å². The number of aromatic hydroxyl groups is 1. The Balaban J connectivity index is 1.53. The largest absolute Gasteiger partial charge is 0.502 e. The summed E-state index contributed by atoms with van der Waals surface area (Å²) in [6, 6.07) is 6.03. The SMILES string of the molecule is CCN1C(=O)c2c(O)c(=O)c(-c3nnc(Cc4ccc(F)cc4)s3)cn2N(C)C12CC(C(=O)NC)C2. The maximum Gasteiger partial charge on any atom is 0.278 e. The van der Waals surface area contributed by atoms with E-state index >= 15 is 0 Å². The number of halogens is 1. The number of nitrogens with zero attached hydrogens (tertiary/aromatic N) is 5. The van der Waals surface area contributed by atoms with Gasteiger partial charge in [0.05, 0.1) is 5.56 Å². The molecular weight excluding hydrogens is 487 g/mol. The molecule has 0 saturated heterocycles. The summed E-state index contributed by atoms with van der Waals surface area (Å²) in [5.74, 6) is -1.79. The van der Waals surface area contributed by atoms with Crippen LogP contribution in [0.25, 0.3) is 10.6 Å². The second-order valence-electron chi connectivity index (χ2n) is 8.99. The number of fused-ring (bicyclic) bond motifs is 1. The lowest BCUT2D eigenvalue weighted by atomic mass is 9.71. The molecule has 0 radical (unpaired) electrons. The second-order valence-corrected chi connectivity index (χ2v) is 10.1. The number of rotatable bonds is 5. The van der Waals surface area contributed by atoms with E-state index in [0.717, 1.165) is 5.56 Å². The normalized spacial score (nSPS) is 20.9. The lowest BCUT2D eigenvalue weighted by molar-refractivity contribution is -0.134. The number of nitrogens with one attached hydrogen (secondary N) is 1. The molecule has 5 rings (SSSR count). The van der Waals surface area contributed by atoms with Gasteiger partial charge >= 0.3 is 0 Å². The fourth-order valence-corrected chi connectivity index (χ4v) is 6.00. The molecule has 188 valence electrons. The van der Waals surface area contributed by atoms with Crippen molar-refractivity contribution in [3.05, 3.63) is 62.8 Å². The van der Waals surface area contributed by atoms with Gasteiger partial charge in [0.1, 0.15) is 16.5 Å². The van der Waals surface area contributed by atoms with Crippen LogP contribution < -0.4 is 15.8 Å². The van der Waals surface area contributed by atoms with Crippen molar-refractivity contribution >= 4 is 23.2 Å². The molecule has 2 aromatic heterocycles. The number of hydrogen-bond donors (Lipinski definition) is 2. The Morgan fingerprint density at radius 3 is 2.58 bits per heavy atom. The van der Waals surface area contributed by atoms with E-state index in [4.69, 9.17) is 0 Å². The Hall–Kier alpha value is -3.80. The first-order valence-corrected chi connectivity index (χ1v) is 12.3. The fraction of sp³-hybridized carbons (Fsp3) is 0.375. The van der Waals surface area contributed by atoms with E-state index in [1.54, 1.807) is 36.1 Å². The van der Waals surface area contributed by atoms with Gasteiger partial charge in [-0.15, -0.1) is 10.2 Å². The Labute approximate surface area is 210 Å². The summed E-state index contributed by atoms with van der Waals surface area (Å²) in [5, 5.41) is 24.5. The number of pyridine rings is 1. The van der Waals surface area contributed by atoms with Crippen LogP contribution in [0, 0.1) is 11.7 Å². The minimum atomic E-state index is -0.760. The van der Waals surface area contributed by atoms with Crippen molar-refractivity contribution in [3.8, 4) is 16.3 Å². The third kappa shape index (κ3) is 3.55. The average molecular weight is 513 g/mol. The van der Waals surface area contributed by atoms with Crippen molar-refractivity contribution in [1.29, 1.82) is 0 Å². The molecule has 2 N–H and O–H groups in total. The molecule has 12 heteroatoms. The number of amides is 2. The molecule has 1 aromatic carbocycles. The highest BCUT2D eigenvalue weighted by Crippen LogP contribution is 2.47. The zero-order chi connectivity index (χ0) is 25.8. The lowest BCUT2D eigenvalue weighted by Crippen LogP contribution is -2.75. The van der Waals surface area contributed by atoms with Gasteiger partial charge in [0, 0.05) is 52.0 Å². The summed E-state index contributed by atoms with van der Waals surface area (Å²) < 4.78 is 14.7. The van der Waals surface area contributed by atoms with Crippen molar-refractivity contribution in [1.82, 2.24) is 25.1 Å². The molecular formula is C24H25FN6O4S. The van der Waals surface area contributed by atoms with Crippen molar-refractivity contribution in [3.63, 3.8) is 0 Å². The van der Waals surface area contributed by atoms with E-state index in [1.807, 2.05) is 6.92 Å². The van der Waals surface area contributed by atoms with Gasteiger partial charge in [-0.25, -0.2) is 4.39 Å². The number of aromatic nitrogens is 3. The lowest BCUT2D eigenvalue weighted by Gasteiger charge is -2.60. The molecule has 3 aromatic rings. The van der Waals surface area contributed by atoms with Crippen molar-refractivity contribution in [2.75, 3.05) is 25.6 Å². The van der Waals surface area contributed by atoms with Gasteiger partial charge in [-0.3, -0.25) is 24.1 Å². The summed E-state index contributed by atoms with van der Waals surface area (Å²) >= 11 is 1.19. The standard InChI is InChI=1S/C24H25FN6O4S/c1-4-30-23(35)18-20(33)19(32)16(12-31(18)29(3)24(30)10-14(11-24)21(34)26-2)22-28-27-17(36-22)9-13-5-7-15(25)8-6-13/h5-8,12,14,33H,4,9-11H2,1-3H3,(H,26,34). The van der Waals surface area contributed by atoms with Crippen LogP contribution in [-0.2, 0) is 11.2 Å². The molecule has 1 fully saturated rings.